The first-order valence-corrected chi connectivity index (χ1v) is 13.8. The normalized spacial score (nSPS) is 23.1. The van der Waals surface area contributed by atoms with Crippen LogP contribution < -0.4 is 20.9 Å². The number of benzene rings is 1. The van der Waals surface area contributed by atoms with E-state index in [1.165, 1.54) is 54.7 Å². The van der Waals surface area contributed by atoms with Crippen molar-refractivity contribution in [2.24, 2.45) is 11.7 Å². The van der Waals surface area contributed by atoms with E-state index < -0.39 is 6.10 Å². The van der Waals surface area contributed by atoms with E-state index in [1.807, 2.05) is 6.07 Å². The number of hydrogen-bond acceptors (Lipinski definition) is 6. The third-order valence-corrected chi connectivity index (χ3v) is 8.56. The molecule has 3 heterocycles. The lowest BCUT2D eigenvalue weighted by Gasteiger charge is -2.27. The average molecular weight is 517 g/mol. The monoisotopic (exact) mass is 516 g/mol. The summed E-state index contributed by atoms with van der Waals surface area (Å²) in [7, 11) is 0. The molecule has 9 heteroatoms. The molecule has 7 nitrogen and oxygen atoms in total. The van der Waals surface area contributed by atoms with Crippen molar-refractivity contribution in [3.63, 3.8) is 0 Å². The summed E-state index contributed by atoms with van der Waals surface area (Å²) in [6.45, 7) is 2.51. The van der Waals surface area contributed by atoms with Crippen molar-refractivity contribution in [1.29, 1.82) is 0 Å². The smallest absolute Gasteiger partial charge is 0.414 e. The molecular weight excluding hydrogens is 484 g/mol. The first kappa shape index (κ1) is 24.4. The number of nitrogens with one attached hydrogen (secondary N) is 1. The molecule has 3 fully saturated rings. The maximum Gasteiger partial charge on any atom is 0.414 e. The van der Waals surface area contributed by atoms with Crippen LogP contribution in [0.4, 0.5) is 16.2 Å². The summed E-state index contributed by atoms with van der Waals surface area (Å²) >= 11 is 7.15. The quantitative estimate of drug-likeness (QED) is 0.551. The molecule has 0 spiro atoms. The summed E-state index contributed by atoms with van der Waals surface area (Å²) in [5.74, 6) is 0.479. The molecule has 3 N–H and O–H groups in total. The minimum Gasteiger partial charge on any atom is -0.442 e. The number of amides is 2. The van der Waals surface area contributed by atoms with Gasteiger partial charge in [-0.3, -0.25) is 9.69 Å². The lowest BCUT2D eigenvalue weighted by molar-refractivity contribution is 0.0920. The van der Waals surface area contributed by atoms with Gasteiger partial charge in [-0.2, -0.15) is 0 Å². The number of carbonyl (C=O) groups excluding carboxylic acids is 2. The Kier molecular flexibility index (Phi) is 7.51. The minimum atomic E-state index is -0.403. The Bertz CT molecular complexity index is 1070. The van der Waals surface area contributed by atoms with Gasteiger partial charge in [0, 0.05) is 30.5 Å². The molecule has 2 amide bonds. The fourth-order valence-electron chi connectivity index (χ4n) is 5.49. The highest BCUT2D eigenvalue weighted by atomic mass is 35.5. The number of hydrogen-bond donors (Lipinski definition) is 2. The number of cyclic esters (lactones) is 1. The zero-order chi connectivity index (χ0) is 24.4. The maximum atomic E-state index is 12.7. The highest BCUT2D eigenvalue weighted by Crippen LogP contribution is 2.35. The molecule has 2 aromatic rings. The molecule has 1 aliphatic carbocycles. The van der Waals surface area contributed by atoms with Crippen LogP contribution in [0.3, 0.4) is 0 Å². The minimum absolute atomic E-state index is 0.209. The Morgan fingerprint density at radius 2 is 1.97 bits per heavy atom. The van der Waals surface area contributed by atoms with Gasteiger partial charge in [-0.1, -0.05) is 43.7 Å². The molecule has 0 radical (unpaired) electrons. The Morgan fingerprint density at radius 1 is 1.14 bits per heavy atom. The summed E-state index contributed by atoms with van der Waals surface area (Å²) in [5.41, 5.74) is 9.60. The lowest BCUT2D eigenvalue weighted by atomic mass is 9.84. The number of anilines is 2. The Hall–Kier alpha value is -2.29. The maximum absolute atomic E-state index is 12.7. The van der Waals surface area contributed by atoms with E-state index in [4.69, 9.17) is 22.1 Å². The van der Waals surface area contributed by atoms with Gasteiger partial charge in [0.2, 0.25) is 0 Å². The van der Waals surface area contributed by atoms with Gasteiger partial charge in [0.05, 0.1) is 22.3 Å². The predicted octanol–water partition coefficient (Wildman–Crippen LogP) is 4.82. The highest BCUT2D eigenvalue weighted by Gasteiger charge is 2.33. The summed E-state index contributed by atoms with van der Waals surface area (Å²) in [6.07, 6.45) is 7.74. The van der Waals surface area contributed by atoms with E-state index in [0.717, 1.165) is 31.6 Å². The van der Waals surface area contributed by atoms with Crippen molar-refractivity contribution in [2.75, 3.05) is 36.0 Å². The van der Waals surface area contributed by atoms with Crippen LogP contribution in [0.15, 0.2) is 30.3 Å². The molecule has 1 aromatic heterocycles. The van der Waals surface area contributed by atoms with Gasteiger partial charge >= 0.3 is 6.09 Å². The van der Waals surface area contributed by atoms with Gasteiger partial charge in [-0.25, -0.2) is 4.79 Å². The van der Waals surface area contributed by atoms with Crippen molar-refractivity contribution >= 4 is 46.3 Å². The van der Waals surface area contributed by atoms with Crippen molar-refractivity contribution in [3.8, 4) is 0 Å². The molecule has 0 bridgehead atoms. The van der Waals surface area contributed by atoms with E-state index in [0.29, 0.717) is 21.7 Å². The first-order valence-electron chi connectivity index (χ1n) is 12.6. The summed E-state index contributed by atoms with van der Waals surface area (Å²) < 4.78 is 6.14. The first-order chi connectivity index (χ1) is 17.0. The zero-order valence-corrected chi connectivity index (χ0v) is 21.5. The van der Waals surface area contributed by atoms with Gasteiger partial charge in [0.15, 0.2) is 0 Å². The Morgan fingerprint density at radius 3 is 2.69 bits per heavy atom. The van der Waals surface area contributed by atoms with E-state index >= 15 is 0 Å². The number of rotatable bonds is 7. The second-order valence-electron chi connectivity index (χ2n) is 9.95. The number of nitrogens with two attached hydrogens (primary N) is 1. The SMILES string of the molecule is NC1CCN(c2ccc(N3CC(CNC(=O)c4ccc(Cl)s4)OC3=O)cc2CC2CCCCC2)C1. The fraction of sp³-hybridized carbons (Fsp3) is 0.538. The number of ether oxygens (including phenoxy) is 1. The number of nitrogens with zero attached hydrogens (tertiary/aromatic N) is 2. The third-order valence-electron chi connectivity index (χ3n) is 7.33. The van der Waals surface area contributed by atoms with E-state index in [1.54, 1.807) is 17.0 Å². The average Bonchev–Trinajstić information content (AvgIpc) is 3.58. The number of halogens is 1. The van der Waals surface area contributed by atoms with E-state index in [-0.39, 0.29) is 24.6 Å². The van der Waals surface area contributed by atoms with Gasteiger partial charge in [-0.05, 0) is 54.7 Å². The molecule has 3 aliphatic rings. The van der Waals surface area contributed by atoms with Crippen molar-refractivity contribution in [2.45, 2.75) is 57.1 Å². The van der Waals surface area contributed by atoms with Crippen molar-refractivity contribution in [1.82, 2.24) is 5.32 Å². The van der Waals surface area contributed by atoms with Crippen molar-refractivity contribution < 1.29 is 14.3 Å². The van der Waals surface area contributed by atoms with Crippen LogP contribution in [0, 0.1) is 5.92 Å². The van der Waals surface area contributed by atoms with Crippen LogP contribution >= 0.6 is 22.9 Å². The van der Waals surface area contributed by atoms with E-state index in [2.05, 4.69) is 22.3 Å². The second kappa shape index (κ2) is 10.8. The van der Waals surface area contributed by atoms with Crippen LogP contribution in [0.1, 0.15) is 53.8 Å². The van der Waals surface area contributed by atoms with Crippen LogP contribution in [-0.4, -0.2) is 50.3 Å². The van der Waals surface area contributed by atoms with Crippen LogP contribution in [0.2, 0.25) is 4.34 Å². The zero-order valence-electron chi connectivity index (χ0n) is 19.9. The molecule has 188 valence electrons. The van der Waals surface area contributed by atoms with Gasteiger partial charge in [0.1, 0.15) is 6.10 Å². The molecular formula is C26H33ClN4O3S. The third kappa shape index (κ3) is 5.76. The number of carbonyl (C=O) groups is 2. The van der Waals surface area contributed by atoms with Crippen LogP contribution in [-0.2, 0) is 11.2 Å². The predicted molar refractivity (Wildman–Crippen MR) is 141 cm³/mol. The molecule has 2 unspecified atom stereocenters. The summed E-state index contributed by atoms with van der Waals surface area (Å²) in [6, 6.07) is 9.94. The van der Waals surface area contributed by atoms with Gasteiger partial charge in [0.25, 0.3) is 5.91 Å². The Balaban J connectivity index is 1.28. The molecule has 35 heavy (non-hydrogen) atoms. The van der Waals surface area contributed by atoms with Gasteiger partial charge in [-0.15, -0.1) is 11.3 Å². The topological polar surface area (TPSA) is 87.9 Å². The lowest BCUT2D eigenvalue weighted by Crippen LogP contribution is -2.34. The standard InChI is InChI=1S/C26H33ClN4O3S/c27-24-9-8-23(35-24)25(32)29-14-21-16-31(26(33)34-21)20-6-7-22(30-11-10-19(28)15-30)18(13-20)12-17-4-2-1-3-5-17/h6-9,13,17,19,21H,1-5,10-12,14-16,28H2,(H,29,32). The molecule has 2 saturated heterocycles. The fourth-order valence-corrected chi connectivity index (χ4v) is 6.45. The molecule has 2 aliphatic heterocycles. The number of thiophene rings is 1. The summed E-state index contributed by atoms with van der Waals surface area (Å²) in [5, 5.41) is 2.85. The largest absolute Gasteiger partial charge is 0.442 e. The van der Waals surface area contributed by atoms with Gasteiger partial charge < -0.3 is 20.7 Å². The van der Waals surface area contributed by atoms with E-state index in [9.17, 15) is 9.59 Å². The Labute approximate surface area is 215 Å². The van der Waals surface area contributed by atoms with Crippen LogP contribution in [0.5, 0.6) is 0 Å². The van der Waals surface area contributed by atoms with Crippen molar-refractivity contribution in [3.05, 3.63) is 45.1 Å². The second-order valence-corrected chi connectivity index (χ2v) is 11.7. The molecule has 5 rings (SSSR count). The summed E-state index contributed by atoms with van der Waals surface area (Å²) in [4.78, 5) is 29.7. The highest BCUT2D eigenvalue weighted by molar-refractivity contribution is 7.18. The van der Waals surface area contributed by atoms with Crippen LogP contribution in [0.25, 0.3) is 0 Å². The molecule has 1 aromatic carbocycles. The molecule has 2 atom stereocenters. The molecule has 1 saturated carbocycles.